The predicted octanol–water partition coefficient (Wildman–Crippen LogP) is 1.98. The molecule has 3 atom stereocenters. The molecule has 3 amide bonds. The maximum Gasteiger partial charge on any atom is 0.319 e. The van der Waals surface area contributed by atoms with Crippen molar-refractivity contribution in [1.29, 1.82) is 0 Å². The minimum atomic E-state index is -3.51. The Kier molecular flexibility index (Phi) is 9.50. The number of amides is 3. The number of methoxy groups -OCH3 is 1. The van der Waals surface area contributed by atoms with Gasteiger partial charge in [0, 0.05) is 45.5 Å². The molecule has 1 aromatic carbocycles. The van der Waals surface area contributed by atoms with Crippen LogP contribution in [0.2, 0.25) is 0 Å². The summed E-state index contributed by atoms with van der Waals surface area (Å²) in [6, 6.07) is 3.96. The number of urea groups is 1. The Balaban J connectivity index is 2.43. The molecule has 2 rings (SSSR count). The first kappa shape index (κ1) is 26.9. The van der Waals surface area contributed by atoms with E-state index >= 15 is 0 Å². The molecular formula is C22H36N4O6S. The summed E-state index contributed by atoms with van der Waals surface area (Å²) in [7, 11) is -0.293. The zero-order chi connectivity index (χ0) is 24.8. The molecule has 0 fully saturated rings. The average Bonchev–Trinajstić information content (AvgIpc) is 2.75. The first-order chi connectivity index (χ1) is 15.5. The van der Waals surface area contributed by atoms with Gasteiger partial charge in [-0.3, -0.25) is 4.79 Å². The van der Waals surface area contributed by atoms with E-state index in [0.29, 0.717) is 17.8 Å². The van der Waals surface area contributed by atoms with Gasteiger partial charge in [-0.15, -0.1) is 0 Å². The largest absolute Gasteiger partial charge is 0.491 e. The van der Waals surface area contributed by atoms with Crippen LogP contribution in [0.25, 0.3) is 0 Å². The Morgan fingerprint density at radius 3 is 2.58 bits per heavy atom. The summed E-state index contributed by atoms with van der Waals surface area (Å²) in [5.74, 6) is -0.146. The Morgan fingerprint density at radius 2 is 1.97 bits per heavy atom. The number of likely N-dealkylation sites (N-methyl/N-ethyl adjacent to an activating group) is 1. The second-order valence-corrected chi connectivity index (χ2v) is 10.5. The summed E-state index contributed by atoms with van der Waals surface area (Å²) >= 11 is 0. The standard InChI is InChI=1S/C22H36N4O6S/c1-7-10-23-22(28)24-17-8-9-18-19(11-17)32-14-16(3)26(33(6,29)30)12-15(2)20(31-5)13-25(4)21(18)27/h8-9,11,15-16,20H,7,10,12-14H2,1-6H3,(H2,23,24,28)/t15-,16+,20+/m0/s1. The van der Waals surface area contributed by atoms with Gasteiger partial charge in [0.2, 0.25) is 10.0 Å². The number of benzene rings is 1. The normalized spacial score (nSPS) is 23.0. The van der Waals surface area contributed by atoms with E-state index in [9.17, 15) is 18.0 Å². The van der Waals surface area contributed by atoms with Gasteiger partial charge in [0.15, 0.2) is 0 Å². The number of ether oxygens (including phenoxy) is 2. The Morgan fingerprint density at radius 1 is 1.27 bits per heavy atom. The first-order valence-corrected chi connectivity index (χ1v) is 12.9. The Hall–Kier alpha value is -2.37. The highest BCUT2D eigenvalue weighted by Gasteiger charge is 2.31. The number of hydrogen-bond acceptors (Lipinski definition) is 6. The second kappa shape index (κ2) is 11.7. The lowest BCUT2D eigenvalue weighted by Gasteiger charge is -2.34. The van der Waals surface area contributed by atoms with Crippen molar-refractivity contribution in [3.05, 3.63) is 23.8 Å². The third-order valence-electron chi connectivity index (χ3n) is 5.61. The molecule has 0 aromatic heterocycles. The molecule has 10 nitrogen and oxygen atoms in total. The molecule has 0 unspecified atom stereocenters. The number of nitrogens with one attached hydrogen (secondary N) is 2. The molecule has 0 spiro atoms. The van der Waals surface area contributed by atoms with Gasteiger partial charge in [-0.05, 0) is 31.4 Å². The van der Waals surface area contributed by atoms with Crippen LogP contribution in [0.4, 0.5) is 10.5 Å². The lowest BCUT2D eigenvalue weighted by Crippen LogP contribution is -2.48. The second-order valence-electron chi connectivity index (χ2n) is 8.52. The monoisotopic (exact) mass is 484 g/mol. The first-order valence-electron chi connectivity index (χ1n) is 11.0. The van der Waals surface area contributed by atoms with Gasteiger partial charge in [-0.25, -0.2) is 13.2 Å². The summed E-state index contributed by atoms with van der Waals surface area (Å²) in [6.07, 6.45) is 1.62. The zero-order valence-corrected chi connectivity index (χ0v) is 21.1. The third-order valence-corrected chi connectivity index (χ3v) is 6.97. The molecule has 0 aliphatic carbocycles. The maximum absolute atomic E-state index is 13.2. The van der Waals surface area contributed by atoms with Crippen molar-refractivity contribution in [3.63, 3.8) is 0 Å². The van der Waals surface area contributed by atoms with E-state index in [-0.39, 0.29) is 49.4 Å². The van der Waals surface area contributed by atoms with Crippen molar-refractivity contribution < 1.29 is 27.5 Å². The fraction of sp³-hybridized carbons (Fsp3) is 0.636. The molecule has 0 bridgehead atoms. The number of carbonyl (C=O) groups is 2. The summed E-state index contributed by atoms with van der Waals surface area (Å²) in [5, 5.41) is 5.45. The van der Waals surface area contributed by atoms with Crippen LogP contribution in [0.5, 0.6) is 5.75 Å². The summed E-state index contributed by atoms with van der Waals surface area (Å²) in [4.78, 5) is 26.8. The van der Waals surface area contributed by atoms with E-state index in [4.69, 9.17) is 9.47 Å². The molecular weight excluding hydrogens is 448 g/mol. The molecule has 1 heterocycles. The highest BCUT2D eigenvalue weighted by molar-refractivity contribution is 7.88. The number of rotatable bonds is 5. The van der Waals surface area contributed by atoms with Crippen LogP contribution in [0.15, 0.2) is 18.2 Å². The number of nitrogens with zero attached hydrogens (tertiary/aromatic N) is 2. The highest BCUT2D eigenvalue weighted by Crippen LogP contribution is 2.27. The van der Waals surface area contributed by atoms with E-state index in [1.165, 1.54) is 15.5 Å². The molecule has 186 valence electrons. The Labute approximate surface area is 196 Å². The molecule has 1 aromatic rings. The smallest absolute Gasteiger partial charge is 0.319 e. The summed E-state index contributed by atoms with van der Waals surface area (Å²) in [5.41, 5.74) is 0.777. The van der Waals surface area contributed by atoms with E-state index in [2.05, 4.69) is 10.6 Å². The minimum Gasteiger partial charge on any atom is -0.491 e. The van der Waals surface area contributed by atoms with E-state index in [1.807, 2.05) is 13.8 Å². The highest BCUT2D eigenvalue weighted by atomic mass is 32.2. The van der Waals surface area contributed by atoms with Gasteiger partial charge in [-0.1, -0.05) is 13.8 Å². The van der Waals surface area contributed by atoms with Gasteiger partial charge in [0.1, 0.15) is 12.4 Å². The maximum atomic E-state index is 13.2. The number of fused-ring (bicyclic) bond motifs is 1. The van der Waals surface area contributed by atoms with Crippen molar-refractivity contribution in [3.8, 4) is 5.75 Å². The zero-order valence-electron chi connectivity index (χ0n) is 20.3. The van der Waals surface area contributed by atoms with Crippen molar-refractivity contribution >= 4 is 27.6 Å². The number of hydrogen-bond donors (Lipinski definition) is 2. The minimum absolute atomic E-state index is 0.0346. The predicted molar refractivity (Wildman–Crippen MR) is 127 cm³/mol. The lowest BCUT2D eigenvalue weighted by molar-refractivity contribution is 0.0213. The van der Waals surface area contributed by atoms with Crippen molar-refractivity contribution in [2.45, 2.75) is 39.3 Å². The van der Waals surface area contributed by atoms with Gasteiger partial charge >= 0.3 is 6.03 Å². The van der Waals surface area contributed by atoms with Gasteiger partial charge in [0.05, 0.1) is 24.0 Å². The summed E-state index contributed by atoms with van der Waals surface area (Å²) < 4.78 is 37.9. The molecule has 0 saturated heterocycles. The number of anilines is 1. The topological polar surface area (TPSA) is 117 Å². The van der Waals surface area contributed by atoms with Crippen molar-refractivity contribution in [2.75, 3.05) is 52.0 Å². The summed E-state index contributed by atoms with van der Waals surface area (Å²) in [6.45, 7) is 6.70. The fourth-order valence-corrected chi connectivity index (χ4v) is 4.91. The average molecular weight is 485 g/mol. The van der Waals surface area contributed by atoms with Crippen LogP contribution in [-0.2, 0) is 14.8 Å². The van der Waals surface area contributed by atoms with Crippen molar-refractivity contribution in [1.82, 2.24) is 14.5 Å². The number of sulfonamides is 1. The van der Waals surface area contributed by atoms with Crippen LogP contribution in [0.1, 0.15) is 37.6 Å². The SMILES string of the molecule is CCCNC(=O)Nc1ccc2c(c1)OC[C@@H](C)N(S(C)(=O)=O)C[C@H](C)[C@H](OC)CN(C)C2=O. The van der Waals surface area contributed by atoms with Crippen LogP contribution in [0.3, 0.4) is 0 Å². The van der Waals surface area contributed by atoms with Crippen LogP contribution >= 0.6 is 0 Å². The van der Waals surface area contributed by atoms with Crippen LogP contribution in [0, 0.1) is 5.92 Å². The molecule has 33 heavy (non-hydrogen) atoms. The van der Waals surface area contributed by atoms with E-state index in [0.717, 1.165) is 6.42 Å². The molecule has 11 heteroatoms. The molecule has 0 saturated carbocycles. The van der Waals surface area contributed by atoms with Crippen LogP contribution < -0.4 is 15.4 Å². The van der Waals surface area contributed by atoms with E-state index in [1.54, 1.807) is 39.3 Å². The Bertz CT molecular complexity index is 939. The molecule has 0 radical (unpaired) electrons. The molecule has 2 N–H and O–H groups in total. The quantitative estimate of drug-likeness (QED) is 0.660. The van der Waals surface area contributed by atoms with Crippen molar-refractivity contribution in [2.24, 2.45) is 5.92 Å². The lowest BCUT2D eigenvalue weighted by atomic mass is 10.0. The van der Waals surface area contributed by atoms with E-state index < -0.39 is 16.1 Å². The molecule has 1 aliphatic heterocycles. The number of carbonyl (C=O) groups excluding carboxylic acids is 2. The molecule has 1 aliphatic rings. The van der Waals surface area contributed by atoms with Gasteiger partial charge in [-0.2, -0.15) is 4.31 Å². The van der Waals surface area contributed by atoms with Crippen LogP contribution in [-0.4, -0.2) is 88.4 Å². The van der Waals surface area contributed by atoms with Gasteiger partial charge < -0.3 is 25.0 Å². The third kappa shape index (κ3) is 7.31. The fourth-order valence-electron chi connectivity index (χ4n) is 3.69. The van der Waals surface area contributed by atoms with Gasteiger partial charge in [0.25, 0.3) is 5.91 Å².